The van der Waals surface area contributed by atoms with E-state index in [4.69, 9.17) is 4.74 Å². The zero-order chi connectivity index (χ0) is 17.8. The van der Waals surface area contributed by atoms with E-state index >= 15 is 0 Å². The number of nitrogens with zero attached hydrogens (tertiary/aromatic N) is 3. The number of piperazine rings is 1. The molecule has 0 unspecified atom stereocenters. The Bertz CT molecular complexity index is 755. The van der Waals surface area contributed by atoms with Crippen LogP contribution < -0.4 is 20.3 Å². The topological polar surface area (TPSA) is 79.4 Å². The summed E-state index contributed by atoms with van der Waals surface area (Å²) in [4.78, 5) is 23.5. The SMILES string of the molecule is COc1cc(C)cc(C(=O)Nc2cnc(N3CCNCC3)nc2)c1C. The monoisotopic (exact) mass is 341 g/mol. The fourth-order valence-corrected chi connectivity index (χ4v) is 2.89. The first-order valence-electron chi connectivity index (χ1n) is 8.33. The van der Waals surface area contributed by atoms with Crippen molar-refractivity contribution in [3.63, 3.8) is 0 Å². The predicted octanol–water partition coefficient (Wildman–Crippen LogP) is 1.76. The van der Waals surface area contributed by atoms with Gasteiger partial charge in [-0.3, -0.25) is 4.79 Å². The van der Waals surface area contributed by atoms with Crippen LogP contribution in [0.2, 0.25) is 0 Å². The summed E-state index contributed by atoms with van der Waals surface area (Å²) in [5.74, 6) is 1.20. The van der Waals surface area contributed by atoms with Gasteiger partial charge in [0, 0.05) is 37.3 Å². The molecule has 1 aliphatic heterocycles. The summed E-state index contributed by atoms with van der Waals surface area (Å²) in [7, 11) is 1.60. The maximum atomic E-state index is 12.6. The molecule has 0 aliphatic carbocycles. The lowest BCUT2D eigenvalue weighted by atomic mass is 10.0. The quantitative estimate of drug-likeness (QED) is 0.882. The number of anilines is 2. The summed E-state index contributed by atoms with van der Waals surface area (Å²) in [6, 6.07) is 3.76. The number of rotatable bonds is 4. The maximum absolute atomic E-state index is 12.6. The average Bonchev–Trinajstić information content (AvgIpc) is 2.64. The van der Waals surface area contributed by atoms with E-state index in [-0.39, 0.29) is 5.91 Å². The largest absolute Gasteiger partial charge is 0.496 e. The summed E-state index contributed by atoms with van der Waals surface area (Å²) in [5.41, 5.74) is 2.94. The molecule has 1 aliphatic rings. The molecule has 1 amide bonds. The molecule has 25 heavy (non-hydrogen) atoms. The standard InChI is InChI=1S/C18H23N5O2/c1-12-8-15(13(2)16(9-12)25-3)17(24)22-14-10-20-18(21-11-14)23-6-4-19-5-7-23/h8-11,19H,4-7H2,1-3H3,(H,22,24). The first-order valence-corrected chi connectivity index (χ1v) is 8.33. The van der Waals surface area contributed by atoms with Crippen molar-refractivity contribution < 1.29 is 9.53 Å². The summed E-state index contributed by atoms with van der Waals surface area (Å²) in [6.45, 7) is 7.43. The highest BCUT2D eigenvalue weighted by atomic mass is 16.5. The van der Waals surface area contributed by atoms with Crippen LogP contribution >= 0.6 is 0 Å². The molecule has 1 saturated heterocycles. The number of nitrogens with one attached hydrogen (secondary N) is 2. The summed E-state index contributed by atoms with van der Waals surface area (Å²) in [5, 5.41) is 6.15. The second kappa shape index (κ2) is 7.48. The summed E-state index contributed by atoms with van der Waals surface area (Å²) >= 11 is 0. The molecule has 7 heteroatoms. The van der Waals surface area contributed by atoms with Gasteiger partial charge in [-0.1, -0.05) is 0 Å². The number of carbonyl (C=O) groups excluding carboxylic acids is 1. The van der Waals surface area contributed by atoms with Crippen LogP contribution in [0.4, 0.5) is 11.6 Å². The lowest BCUT2D eigenvalue weighted by Gasteiger charge is -2.27. The number of carbonyl (C=O) groups is 1. The zero-order valence-corrected chi connectivity index (χ0v) is 14.8. The van der Waals surface area contributed by atoms with E-state index in [1.807, 2.05) is 26.0 Å². The minimum Gasteiger partial charge on any atom is -0.496 e. The Morgan fingerprint density at radius 1 is 1.20 bits per heavy atom. The van der Waals surface area contributed by atoms with Gasteiger partial charge in [-0.25, -0.2) is 9.97 Å². The smallest absolute Gasteiger partial charge is 0.256 e. The molecule has 1 fully saturated rings. The van der Waals surface area contributed by atoms with Crippen LogP contribution in [0.15, 0.2) is 24.5 Å². The number of benzene rings is 1. The van der Waals surface area contributed by atoms with E-state index in [2.05, 4.69) is 25.5 Å². The Morgan fingerprint density at radius 3 is 2.52 bits per heavy atom. The van der Waals surface area contributed by atoms with Crippen molar-refractivity contribution in [2.75, 3.05) is 43.5 Å². The van der Waals surface area contributed by atoms with Crippen LogP contribution in [0.3, 0.4) is 0 Å². The van der Waals surface area contributed by atoms with Gasteiger partial charge in [0.25, 0.3) is 5.91 Å². The highest BCUT2D eigenvalue weighted by Gasteiger charge is 2.16. The predicted molar refractivity (Wildman–Crippen MR) is 97.5 cm³/mol. The van der Waals surface area contributed by atoms with E-state index in [0.717, 1.165) is 37.3 Å². The Morgan fingerprint density at radius 2 is 1.88 bits per heavy atom. The second-order valence-electron chi connectivity index (χ2n) is 6.10. The average molecular weight is 341 g/mol. The molecule has 1 aromatic heterocycles. The van der Waals surface area contributed by atoms with Crippen LogP contribution in [0.5, 0.6) is 5.75 Å². The molecule has 0 bridgehead atoms. The molecule has 2 N–H and O–H groups in total. The number of aromatic nitrogens is 2. The van der Waals surface area contributed by atoms with Gasteiger partial charge < -0.3 is 20.3 Å². The Labute approximate surface area is 147 Å². The summed E-state index contributed by atoms with van der Waals surface area (Å²) in [6.07, 6.45) is 3.29. The first-order chi connectivity index (χ1) is 12.1. The molecule has 0 radical (unpaired) electrons. The van der Waals surface area contributed by atoms with Crippen molar-refractivity contribution in [3.05, 3.63) is 41.2 Å². The molecule has 7 nitrogen and oxygen atoms in total. The minimum atomic E-state index is -0.196. The Balaban J connectivity index is 1.74. The molecular formula is C18H23N5O2. The van der Waals surface area contributed by atoms with Crippen molar-refractivity contribution in [2.24, 2.45) is 0 Å². The lowest BCUT2D eigenvalue weighted by Crippen LogP contribution is -2.44. The van der Waals surface area contributed by atoms with Gasteiger partial charge in [0.2, 0.25) is 5.95 Å². The maximum Gasteiger partial charge on any atom is 0.256 e. The van der Waals surface area contributed by atoms with Crippen molar-refractivity contribution in [1.82, 2.24) is 15.3 Å². The molecule has 3 rings (SSSR count). The molecule has 0 saturated carbocycles. The van der Waals surface area contributed by atoms with Crippen molar-refractivity contribution in [2.45, 2.75) is 13.8 Å². The highest BCUT2D eigenvalue weighted by Crippen LogP contribution is 2.24. The first kappa shape index (κ1) is 17.2. The number of aryl methyl sites for hydroxylation is 1. The van der Waals surface area contributed by atoms with Crippen LogP contribution in [0, 0.1) is 13.8 Å². The van der Waals surface area contributed by atoms with E-state index in [1.54, 1.807) is 19.5 Å². The van der Waals surface area contributed by atoms with Crippen LogP contribution in [-0.2, 0) is 0 Å². The fraction of sp³-hybridized carbons (Fsp3) is 0.389. The number of ether oxygens (including phenoxy) is 1. The third kappa shape index (κ3) is 3.88. The van der Waals surface area contributed by atoms with Gasteiger partial charge in [0.05, 0.1) is 25.2 Å². The Hall–Kier alpha value is -2.67. The van der Waals surface area contributed by atoms with Gasteiger partial charge in [0.15, 0.2) is 0 Å². The molecule has 2 aromatic rings. The number of methoxy groups -OCH3 is 1. The van der Waals surface area contributed by atoms with Crippen molar-refractivity contribution in [1.29, 1.82) is 0 Å². The fourth-order valence-electron chi connectivity index (χ4n) is 2.89. The van der Waals surface area contributed by atoms with E-state index in [9.17, 15) is 4.79 Å². The number of amides is 1. The molecule has 0 spiro atoms. The Kier molecular flexibility index (Phi) is 5.14. The van der Waals surface area contributed by atoms with Gasteiger partial charge in [0.1, 0.15) is 5.75 Å². The molecular weight excluding hydrogens is 318 g/mol. The number of hydrogen-bond donors (Lipinski definition) is 2. The van der Waals surface area contributed by atoms with Crippen molar-refractivity contribution >= 4 is 17.5 Å². The lowest BCUT2D eigenvalue weighted by molar-refractivity contribution is 0.102. The molecule has 0 atom stereocenters. The van der Waals surface area contributed by atoms with Gasteiger partial charge in [-0.05, 0) is 31.5 Å². The van der Waals surface area contributed by atoms with Gasteiger partial charge >= 0.3 is 0 Å². The second-order valence-corrected chi connectivity index (χ2v) is 6.10. The van der Waals surface area contributed by atoms with E-state index in [1.165, 1.54) is 0 Å². The van der Waals surface area contributed by atoms with Gasteiger partial charge in [-0.15, -0.1) is 0 Å². The van der Waals surface area contributed by atoms with Crippen LogP contribution in [-0.4, -0.2) is 49.2 Å². The highest BCUT2D eigenvalue weighted by molar-refractivity contribution is 6.05. The summed E-state index contributed by atoms with van der Waals surface area (Å²) < 4.78 is 5.33. The third-order valence-electron chi connectivity index (χ3n) is 4.26. The molecule has 1 aromatic carbocycles. The van der Waals surface area contributed by atoms with Gasteiger partial charge in [-0.2, -0.15) is 0 Å². The molecule has 2 heterocycles. The zero-order valence-electron chi connectivity index (χ0n) is 14.8. The minimum absolute atomic E-state index is 0.196. The van der Waals surface area contributed by atoms with E-state index in [0.29, 0.717) is 22.9 Å². The third-order valence-corrected chi connectivity index (χ3v) is 4.26. The van der Waals surface area contributed by atoms with Crippen molar-refractivity contribution in [3.8, 4) is 5.75 Å². The van der Waals surface area contributed by atoms with Crippen LogP contribution in [0.25, 0.3) is 0 Å². The molecule has 132 valence electrons. The number of hydrogen-bond acceptors (Lipinski definition) is 6. The normalized spacial score (nSPS) is 14.3. The van der Waals surface area contributed by atoms with E-state index < -0.39 is 0 Å². The van der Waals surface area contributed by atoms with Crippen LogP contribution in [0.1, 0.15) is 21.5 Å².